The summed E-state index contributed by atoms with van der Waals surface area (Å²) in [5.74, 6) is 0.189. The molecule has 0 bridgehead atoms. The summed E-state index contributed by atoms with van der Waals surface area (Å²) in [6, 6.07) is 14.5. The zero-order chi connectivity index (χ0) is 11.4. The summed E-state index contributed by atoms with van der Waals surface area (Å²) < 4.78 is 0. The van der Waals surface area contributed by atoms with Crippen molar-refractivity contribution in [2.45, 2.75) is 0 Å². The summed E-state index contributed by atoms with van der Waals surface area (Å²) in [4.78, 5) is 0. The zero-order valence-corrected chi connectivity index (χ0v) is 8.54. The molecule has 2 aromatic rings. The summed E-state index contributed by atoms with van der Waals surface area (Å²) in [6.45, 7) is 0. The molecule has 0 aromatic heterocycles. The van der Waals surface area contributed by atoms with E-state index >= 15 is 0 Å². The van der Waals surface area contributed by atoms with Gasteiger partial charge in [0.1, 0.15) is 5.75 Å². The molecular formula is C13H11NO2. The molecule has 2 rings (SSSR count). The first-order valence-electron chi connectivity index (χ1n) is 4.87. The fourth-order valence-corrected chi connectivity index (χ4v) is 1.59. The number of benzene rings is 2. The second kappa shape index (κ2) is 4.49. The molecule has 0 radical (unpaired) electrons. The van der Waals surface area contributed by atoms with Gasteiger partial charge in [-0.05, 0) is 29.3 Å². The van der Waals surface area contributed by atoms with Crippen LogP contribution in [0.15, 0.2) is 53.7 Å². The number of nitrogens with zero attached hydrogens (tertiary/aromatic N) is 1. The highest BCUT2D eigenvalue weighted by Crippen LogP contribution is 2.26. The lowest BCUT2D eigenvalue weighted by Gasteiger charge is -2.06. The van der Waals surface area contributed by atoms with Crippen LogP contribution in [0.25, 0.3) is 11.1 Å². The van der Waals surface area contributed by atoms with Crippen LogP contribution in [0.4, 0.5) is 0 Å². The summed E-state index contributed by atoms with van der Waals surface area (Å²) in [7, 11) is 0. The van der Waals surface area contributed by atoms with Gasteiger partial charge < -0.3 is 10.3 Å². The first kappa shape index (κ1) is 10.2. The molecule has 0 fully saturated rings. The fraction of sp³-hybridized carbons (Fsp3) is 0. The van der Waals surface area contributed by atoms with Crippen molar-refractivity contribution in [3.05, 3.63) is 54.1 Å². The molecule has 0 aliphatic heterocycles. The van der Waals surface area contributed by atoms with E-state index < -0.39 is 0 Å². The van der Waals surface area contributed by atoms with Gasteiger partial charge in [0.2, 0.25) is 0 Å². The lowest BCUT2D eigenvalue weighted by Crippen LogP contribution is -1.87. The van der Waals surface area contributed by atoms with Crippen LogP contribution < -0.4 is 0 Å². The van der Waals surface area contributed by atoms with Gasteiger partial charge in [0.15, 0.2) is 0 Å². The molecule has 0 heterocycles. The molecule has 16 heavy (non-hydrogen) atoms. The topological polar surface area (TPSA) is 52.8 Å². The predicted molar refractivity (Wildman–Crippen MR) is 62.9 cm³/mol. The van der Waals surface area contributed by atoms with Crippen molar-refractivity contribution < 1.29 is 10.3 Å². The molecule has 3 heteroatoms. The SMILES string of the molecule is ON=Cc1ccc(O)cc1-c1ccccc1. The Morgan fingerprint density at radius 3 is 2.44 bits per heavy atom. The monoisotopic (exact) mass is 213 g/mol. The average Bonchev–Trinajstić information content (AvgIpc) is 2.33. The molecule has 0 saturated heterocycles. The number of aromatic hydroxyl groups is 1. The summed E-state index contributed by atoms with van der Waals surface area (Å²) in [5, 5.41) is 21.0. The first-order valence-corrected chi connectivity index (χ1v) is 4.87. The van der Waals surface area contributed by atoms with E-state index in [1.807, 2.05) is 30.3 Å². The van der Waals surface area contributed by atoms with Crippen molar-refractivity contribution in [2.75, 3.05) is 0 Å². The summed E-state index contributed by atoms with van der Waals surface area (Å²) >= 11 is 0. The maximum absolute atomic E-state index is 9.46. The third-order valence-corrected chi connectivity index (χ3v) is 2.32. The van der Waals surface area contributed by atoms with Gasteiger partial charge in [-0.25, -0.2) is 0 Å². The quantitative estimate of drug-likeness (QED) is 0.458. The molecule has 0 amide bonds. The van der Waals surface area contributed by atoms with Gasteiger partial charge in [0.25, 0.3) is 0 Å². The van der Waals surface area contributed by atoms with E-state index in [2.05, 4.69) is 5.16 Å². The maximum atomic E-state index is 9.46. The third-order valence-electron chi connectivity index (χ3n) is 2.32. The van der Waals surface area contributed by atoms with Crippen molar-refractivity contribution in [1.82, 2.24) is 0 Å². The van der Waals surface area contributed by atoms with Crippen LogP contribution in [0.1, 0.15) is 5.56 Å². The lowest BCUT2D eigenvalue weighted by molar-refractivity contribution is 0.322. The van der Waals surface area contributed by atoms with Crippen LogP contribution in [-0.2, 0) is 0 Å². The number of rotatable bonds is 2. The Hall–Kier alpha value is -2.29. The van der Waals surface area contributed by atoms with E-state index in [0.717, 1.165) is 16.7 Å². The Morgan fingerprint density at radius 1 is 1.00 bits per heavy atom. The fourth-order valence-electron chi connectivity index (χ4n) is 1.59. The van der Waals surface area contributed by atoms with Gasteiger partial charge in [-0.1, -0.05) is 35.5 Å². The first-order chi connectivity index (χ1) is 7.81. The van der Waals surface area contributed by atoms with Gasteiger partial charge in [-0.3, -0.25) is 0 Å². The van der Waals surface area contributed by atoms with Crippen molar-refractivity contribution in [3.8, 4) is 16.9 Å². The normalized spacial score (nSPS) is 10.8. The minimum absolute atomic E-state index is 0.189. The highest BCUT2D eigenvalue weighted by Gasteiger charge is 2.04. The molecule has 0 unspecified atom stereocenters. The molecule has 0 spiro atoms. The van der Waals surface area contributed by atoms with Crippen molar-refractivity contribution >= 4 is 6.21 Å². The van der Waals surface area contributed by atoms with Gasteiger partial charge in [0.05, 0.1) is 6.21 Å². The Kier molecular flexibility index (Phi) is 2.87. The van der Waals surface area contributed by atoms with E-state index in [0.29, 0.717) is 0 Å². The van der Waals surface area contributed by atoms with Crippen molar-refractivity contribution in [3.63, 3.8) is 0 Å². The van der Waals surface area contributed by atoms with Crippen LogP contribution in [-0.4, -0.2) is 16.5 Å². The molecule has 2 aromatic carbocycles. The van der Waals surface area contributed by atoms with Gasteiger partial charge in [-0.2, -0.15) is 0 Å². The van der Waals surface area contributed by atoms with Gasteiger partial charge in [-0.15, -0.1) is 0 Å². The Morgan fingerprint density at radius 2 is 1.75 bits per heavy atom. The van der Waals surface area contributed by atoms with Gasteiger partial charge in [0, 0.05) is 5.56 Å². The van der Waals surface area contributed by atoms with Crippen LogP contribution >= 0.6 is 0 Å². The largest absolute Gasteiger partial charge is 0.508 e. The molecule has 0 aliphatic carbocycles. The summed E-state index contributed by atoms with van der Waals surface area (Å²) in [6.07, 6.45) is 1.35. The molecular weight excluding hydrogens is 202 g/mol. The number of hydrogen-bond donors (Lipinski definition) is 2. The van der Waals surface area contributed by atoms with Crippen LogP contribution in [0, 0.1) is 0 Å². The van der Waals surface area contributed by atoms with E-state index in [1.54, 1.807) is 18.2 Å². The van der Waals surface area contributed by atoms with E-state index in [4.69, 9.17) is 5.21 Å². The number of hydrogen-bond acceptors (Lipinski definition) is 3. The molecule has 3 nitrogen and oxygen atoms in total. The number of oxime groups is 1. The Bertz CT molecular complexity index is 507. The Labute approximate surface area is 93.3 Å². The van der Waals surface area contributed by atoms with Gasteiger partial charge >= 0.3 is 0 Å². The zero-order valence-electron chi connectivity index (χ0n) is 8.54. The van der Waals surface area contributed by atoms with Crippen LogP contribution in [0.3, 0.4) is 0 Å². The number of phenols is 1. The Balaban J connectivity index is 2.58. The smallest absolute Gasteiger partial charge is 0.116 e. The highest BCUT2D eigenvalue weighted by atomic mass is 16.4. The minimum Gasteiger partial charge on any atom is -0.508 e. The summed E-state index contributed by atoms with van der Waals surface area (Å²) in [5.41, 5.74) is 2.55. The van der Waals surface area contributed by atoms with E-state index in [-0.39, 0.29) is 5.75 Å². The highest BCUT2D eigenvalue weighted by molar-refractivity contribution is 5.90. The third kappa shape index (κ3) is 2.03. The predicted octanol–water partition coefficient (Wildman–Crippen LogP) is 2.87. The molecule has 0 aliphatic rings. The van der Waals surface area contributed by atoms with E-state index in [9.17, 15) is 5.11 Å². The molecule has 2 N–H and O–H groups in total. The minimum atomic E-state index is 0.189. The van der Waals surface area contributed by atoms with Crippen LogP contribution in [0.5, 0.6) is 5.75 Å². The standard InChI is InChI=1S/C13H11NO2/c15-12-7-6-11(9-14-16)13(8-12)10-4-2-1-3-5-10/h1-9,15-16H. The molecule has 0 atom stereocenters. The maximum Gasteiger partial charge on any atom is 0.116 e. The van der Waals surface area contributed by atoms with E-state index in [1.165, 1.54) is 6.21 Å². The lowest BCUT2D eigenvalue weighted by atomic mass is 10.00. The van der Waals surface area contributed by atoms with Crippen LogP contribution in [0.2, 0.25) is 0 Å². The number of phenolic OH excluding ortho intramolecular Hbond substituents is 1. The van der Waals surface area contributed by atoms with Crippen molar-refractivity contribution in [1.29, 1.82) is 0 Å². The second-order valence-electron chi connectivity index (χ2n) is 3.38. The van der Waals surface area contributed by atoms with Crippen molar-refractivity contribution in [2.24, 2.45) is 5.16 Å². The molecule has 80 valence electrons. The average molecular weight is 213 g/mol. The second-order valence-corrected chi connectivity index (χ2v) is 3.38. The molecule has 0 saturated carbocycles.